The molecule has 3 aromatic carbocycles. The van der Waals surface area contributed by atoms with Gasteiger partial charge in [0, 0.05) is 5.02 Å². The number of carbonyl (C=O) groups is 2. The number of hydrogen-bond donors (Lipinski definition) is 1. The van der Waals surface area contributed by atoms with Gasteiger partial charge in [-0.2, -0.15) is 0 Å². The molecule has 0 aliphatic rings. The van der Waals surface area contributed by atoms with E-state index in [0.717, 1.165) is 4.31 Å². The predicted molar refractivity (Wildman–Crippen MR) is 124 cm³/mol. The summed E-state index contributed by atoms with van der Waals surface area (Å²) in [5.74, 6) is -1.25. The van der Waals surface area contributed by atoms with Gasteiger partial charge in [-0.3, -0.25) is 9.10 Å². The predicted octanol–water partition coefficient (Wildman–Crippen LogP) is 4.27. The number of methoxy groups -OCH3 is 1. The number of amides is 1. The van der Waals surface area contributed by atoms with Crippen molar-refractivity contribution in [3.8, 4) is 0 Å². The lowest BCUT2D eigenvalue weighted by Gasteiger charge is -2.26. The molecule has 0 fully saturated rings. The van der Waals surface area contributed by atoms with Crippen LogP contribution >= 0.6 is 11.6 Å². The molecule has 9 heteroatoms. The Morgan fingerprint density at radius 1 is 1.00 bits per heavy atom. The van der Waals surface area contributed by atoms with Crippen LogP contribution < -0.4 is 9.62 Å². The second-order valence-corrected chi connectivity index (χ2v) is 9.14. The number of anilines is 2. The summed E-state index contributed by atoms with van der Waals surface area (Å²) in [5, 5.41) is 3.05. The molecule has 0 unspecified atom stereocenters. The van der Waals surface area contributed by atoms with E-state index in [0.29, 0.717) is 16.3 Å². The second-order valence-electron chi connectivity index (χ2n) is 6.84. The SMILES string of the molecule is COC(=O)c1ccccc1NC(=O)CN(c1ccc(Cl)cc1C)S(=O)(=O)c1ccccc1. The molecule has 1 N–H and O–H groups in total. The van der Waals surface area contributed by atoms with Crippen LogP contribution in [0, 0.1) is 6.92 Å². The Balaban J connectivity index is 1.99. The zero-order valence-electron chi connectivity index (χ0n) is 17.4. The first-order valence-electron chi connectivity index (χ1n) is 9.55. The molecule has 0 aromatic heterocycles. The highest BCUT2D eigenvalue weighted by Crippen LogP contribution is 2.29. The molecule has 0 saturated carbocycles. The smallest absolute Gasteiger partial charge is 0.339 e. The van der Waals surface area contributed by atoms with Crippen LogP contribution in [0.25, 0.3) is 0 Å². The fourth-order valence-electron chi connectivity index (χ4n) is 3.12. The van der Waals surface area contributed by atoms with Crippen LogP contribution in [0.15, 0.2) is 77.7 Å². The minimum absolute atomic E-state index is 0.0390. The number of rotatable bonds is 7. The lowest BCUT2D eigenvalue weighted by Crippen LogP contribution is -2.38. The molecule has 3 rings (SSSR count). The number of carbonyl (C=O) groups excluding carboxylic acids is 2. The van der Waals surface area contributed by atoms with Crippen LogP contribution in [0.5, 0.6) is 0 Å². The first-order chi connectivity index (χ1) is 15.2. The van der Waals surface area contributed by atoms with Crippen molar-refractivity contribution >= 4 is 44.9 Å². The standard InChI is InChI=1S/C23H21ClN2O5S/c1-16-14-17(24)12-13-21(16)26(32(29,30)18-8-4-3-5-9-18)15-22(27)25-20-11-7-6-10-19(20)23(28)31-2/h3-14H,15H2,1-2H3,(H,25,27). The van der Waals surface area contributed by atoms with Crippen LogP contribution in [0.1, 0.15) is 15.9 Å². The van der Waals surface area contributed by atoms with Crippen molar-refractivity contribution < 1.29 is 22.7 Å². The van der Waals surface area contributed by atoms with E-state index in [4.69, 9.17) is 16.3 Å². The summed E-state index contributed by atoms with van der Waals surface area (Å²) in [4.78, 5) is 24.9. The molecule has 0 saturated heterocycles. The zero-order chi connectivity index (χ0) is 23.3. The molecular formula is C23H21ClN2O5S. The monoisotopic (exact) mass is 472 g/mol. The van der Waals surface area contributed by atoms with Crippen LogP contribution in [0.4, 0.5) is 11.4 Å². The molecule has 3 aromatic rings. The number of para-hydroxylation sites is 1. The normalized spacial score (nSPS) is 11.0. The number of nitrogens with one attached hydrogen (secondary N) is 1. The van der Waals surface area contributed by atoms with Gasteiger partial charge in [-0.05, 0) is 55.0 Å². The molecule has 0 aliphatic heterocycles. The van der Waals surface area contributed by atoms with E-state index >= 15 is 0 Å². The Labute approximate surface area is 191 Å². The van der Waals surface area contributed by atoms with Gasteiger partial charge in [0.15, 0.2) is 0 Å². The topological polar surface area (TPSA) is 92.8 Å². The molecule has 0 radical (unpaired) electrons. The Hall–Kier alpha value is -3.36. The van der Waals surface area contributed by atoms with Gasteiger partial charge >= 0.3 is 5.97 Å². The lowest BCUT2D eigenvalue weighted by molar-refractivity contribution is -0.114. The van der Waals surface area contributed by atoms with Crippen molar-refractivity contribution in [2.24, 2.45) is 0 Å². The summed E-state index contributed by atoms with van der Waals surface area (Å²) in [6.45, 7) is 1.19. The summed E-state index contributed by atoms with van der Waals surface area (Å²) in [6, 6.07) is 18.9. The van der Waals surface area contributed by atoms with E-state index in [2.05, 4.69) is 5.32 Å². The van der Waals surface area contributed by atoms with E-state index in [1.165, 1.54) is 31.4 Å². The Morgan fingerprint density at radius 2 is 1.66 bits per heavy atom. The minimum atomic E-state index is -4.07. The van der Waals surface area contributed by atoms with Crippen LogP contribution in [0.3, 0.4) is 0 Å². The van der Waals surface area contributed by atoms with E-state index in [1.54, 1.807) is 55.5 Å². The molecule has 0 spiro atoms. The fourth-order valence-corrected chi connectivity index (χ4v) is 4.85. The second kappa shape index (κ2) is 9.84. The van der Waals surface area contributed by atoms with Gasteiger partial charge in [0.1, 0.15) is 6.54 Å². The van der Waals surface area contributed by atoms with Crippen LogP contribution in [-0.2, 0) is 19.6 Å². The van der Waals surface area contributed by atoms with Crippen molar-refractivity contribution in [2.45, 2.75) is 11.8 Å². The summed E-state index contributed by atoms with van der Waals surface area (Å²) in [6.07, 6.45) is 0. The number of nitrogens with zero attached hydrogens (tertiary/aromatic N) is 1. The Kier molecular flexibility index (Phi) is 7.17. The molecule has 0 heterocycles. The largest absolute Gasteiger partial charge is 0.465 e. The van der Waals surface area contributed by atoms with E-state index < -0.39 is 28.4 Å². The number of sulfonamides is 1. The first kappa shape index (κ1) is 23.3. The summed E-state index contributed by atoms with van der Waals surface area (Å²) in [5.41, 5.74) is 1.27. The van der Waals surface area contributed by atoms with Crippen molar-refractivity contribution in [3.05, 3.63) is 88.9 Å². The lowest BCUT2D eigenvalue weighted by atomic mass is 10.1. The molecule has 166 valence electrons. The molecule has 1 amide bonds. The molecule has 0 aliphatic carbocycles. The van der Waals surface area contributed by atoms with E-state index in [9.17, 15) is 18.0 Å². The quantitative estimate of drug-likeness (QED) is 0.518. The maximum atomic E-state index is 13.4. The number of benzene rings is 3. The van der Waals surface area contributed by atoms with Gasteiger partial charge in [-0.15, -0.1) is 0 Å². The van der Waals surface area contributed by atoms with Crippen molar-refractivity contribution in [1.82, 2.24) is 0 Å². The van der Waals surface area contributed by atoms with Crippen molar-refractivity contribution in [1.29, 1.82) is 0 Å². The van der Waals surface area contributed by atoms with Crippen LogP contribution in [-0.4, -0.2) is 33.9 Å². The first-order valence-corrected chi connectivity index (χ1v) is 11.4. The Morgan fingerprint density at radius 3 is 2.31 bits per heavy atom. The third-order valence-electron chi connectivity index (χ3n) is 4.65. The van der Waals surface area contributed by atoms with Gasteiger partial charge in [0.05, 0.1) is 28.9 Å². The van der Waals surface area contributed by atoms with Gasteiger partial charge in [0.2, 0.25) is 5.91 Å². The molecule has 32 heavy (non-hydrogen) atoms. The maximum Gasteiger partial charge on any atom is 0.339 e. The van der Waals surface area contributed by atoms with Gasteiger partial charge in [-0.25, -0.2) is 13.2 Å². The average molecular weight is 473 g/mol. The number of ether oxygens (including phenoxy) is 1. The fraction of sp³-hybridized carbons (Fsp3) is 0.130. The number of hydrogen-bond acceptors (Lipinski definition) is 5. The van der Waals surface area contributed by atoms with Crippen molar-refractivity contribution in [3.63, 3.8) is 0 Å². The minimum Gasteiger partial charge on any atom is -0.465 e. The van der Waals surface area contributed by atoms with E-state index in [-0.39, 0.29) is 16.1 Å². The van der Waals surface area contributed by atoms with Gasteiger partial charge < -0.3 is 10.1 Å². The van der Waals surface area contributed by atoms with Gasteiger partial charge in [0.25, 0.3) is 10.0 Å². The summed E-state index contributed by atoms with van der Waals surface area (Å²) in [7, 11) is -2.84. The maximum absolute atomic E-state index is 13.4. The highest BCUT2D eigenvalue weighted by molar-refractivity contribution is 7.92. The Bertz CT molecular complexity index is 1250. The average Bonchev–Trinajstić information content (AvgIpc) is 2.78. The van der Waals surface area contributed by atoms with Crippen molar-refractivity contribution in [2.75, 3.05) is 23.3 Å². The summed E-state index contributed by atoms with van der Waals surface area (Å²) >= 11 is 6.04. The van der Waals surface area contributed by atoms with Gasteiger partial charge in [-0.1, -0.05) is 41.9 Å². The number of halogens is 1. The third-order valence-corrected chi connectivity index (χ3v) is 6.66. The molecule has 0 atom stereocenters. The number of aryl methyl sites for hydroxylation is 1. The zero-order valence-corrected chi connectivity index (χ0v) is 19.0. The van der Waals surface area contributed by atoms with Crippen LogP contribution in [0.2, 0.25) is 5.02 Å². The van der Waals surface area contributed by atoms with E-state index in [1.807, 2.05) is 0 Å². The third kappa shape index (κ3) is 5.09. The molecule has 0 bridgehead atoms. The number of esters is 1. The highest BCUT2D eigenvalue weighted by Gasteiger charge is 2.28. The highest BCUT2D eigenvalue weighted by atomic mass is 35.5. The summed E-state index contributed by atoms with van der Waals surface area (Å²) < 4.78 is 32.6. The molecular weight excluding hydrogens is 452 g/mol. The molecule has 7 nitrogen and oxygen atoms in total.